The fourth-order valence-electron chi connectivity index (χ4n) is 0.551. The summed E-state index contributed by atoms with van der Waals surface area (Å²) < 4.78 is 0. The second-order valence-electron chi connectivity index (χ2n) is 2.43. The van der Waals surface area contributed by atoms with Crippen LogP contribution >= 0.6 is 0 Å². The van der Waals surface area contributed by atoms with E-state index in [1.807, 2.05) is 0 Å². The Balaban J connectivity index is 4.14. The number of rotatable bonds is 2. The van der Waals surface area contributed by atoms with Crippen molar-refractivity contribution in [2.45, 2.75) is 20.3 Å². The van der Waals surface area contributed by atoms with Crippen molar-refractivity contribution in [3.63, 3.8) is 0 Å². The summed E-state index contributed by atoms with van der Waals surface area (Å²) in [7, 11) is 1.38. The Morgan fingerprint density at radius 2 is 2.00 bits per heavy atom. The average Bonchev–Trinajstić information content (AvgIpc) is 2.02. The summed E-state index contributed by atoms with van der Waals surface area (Å²) in [6.45, 7) is 2.92. The standard InChI is InChI=1S/C8H13NO3/c1-4-7(11)5-8(12)9(3)6(2)10/h4,11H,5H2,1-3H3/b7-4-. The van der Waals surface area contributed by atoms with Crippen molar-refractivity contribution in [1.82, 2.24) is 4.90 Å². The topological polar surface area (TPSA) is 57.6 Å². The van der Waals surface area contributed by atoms with E-state index in [4.69, 9.17) is 5.11 Å². The number of hydrogen-bond donors (Lipinski definition) is 1. The van der Waals surface area contributed by atoms with Gasteiger partial charge in [0.2, 0.25) is 11.8 Å². The molecule has 0 atom stereocenters. The van der Waals surface area contributed by atoms with E-state index in [2.05, 4.69) is 0 Å². The molecule has 0 fully saturated rings. The van der Waals surface area contributed by atoms with Crippen LogP contribution in [0.25, 0.3) is 0 Å². The Hall–Kier alpha value is -1.32. The van der Waals surface area contributed by atoms with E-state index in [0.717, 1.165) is 4.90 Å². The molecule has 0 rings (SSSR count). The van der Waals surface area contributed by atoms with E-state index in [9.17, 15) is 9.59 Å². The Labute approximate surface area is 71.5 Å². The normalized spacial score (nSPS) is 11.1. The predicted octanol–water partition coefficient (Wildman–Crippen LogP) is 0.843. The van der Waals surface area contributed by atoms with Crippen LogP contribution in [0.2, 0.25) is 0 Å². The lowest BCUT2D eigenvalue weighted by molar-refractivity contribution is -0.141. The lowest BCUT2D eigenvalue weighted by atomic mass is 10.3. The first-order valence-corrected chi connectivity index (χ1v) is 3.60. The Morgan fingerprint density at radius 3 is 2.33 bits per heavy atom. The van der Waals surface area contributed by atoms with Gasteiger partial charge in [-0.3, -0.25) is 14.5 Å². The van der Waals surface area contributed by atoms with Gasteiger partial charge in [-0.1, -0.05) is 0 Å². The van der Waals surface area contributed by atoms with E-state index in [1.54, 1.807) is 6.92 Å². The van der Waals surface area contributed by atoms with Crippen molar-refractivity contribution in [3.8, 4) is 0 Å². The maximum absolute atomic E-state index is 11.1. The fraction of sp³-hybridized carbons (Fsp3) is 0.500. The van der Waals surface area contributed by atoms with E-state index in [1.165, 1.54) is 20.0 Å². The molecule has 0 heterocycles. The number of aliphatic hydroxyl groups excluding tert-OH is 1. The molecule has 0 aromatic heterocycles. The van der Waals surface area contributed by atoms with E-state index < -0.39 is 5.91 Å². The number of carbonyl (C=O) groups excluding carboxylic acids is 2. The highest BCUT2D eigenvalue weighted by molar-refractivity contribution is 5.94. The van der Waals surface area contributed by atoms with Gasteiger partial charge in [0.15, 0.2) is 0 Å². The van der Waals surface area contributed by atoms with E-state index in [-0.39, 0.29) is 18.1 Å². The third-order valence-corrected chi connectivity index (χ3v) is 1.51. The molecule has 0 saturated carbocycles. The van der Waals surface area contributed by atoms with Gasteiger partial charge in [0.05, 0.1) is 12.2 Å². The summed E-state index contributed by atoms with van der Waals surface area (Å²) >= 11 is 0. The monoisotopic (exact) mass is 171 g/mol. The first-order chi connectivity index (χ1) is 5.49. The molecule has 4 nitrogen and oxygen atoms in total. The van der Waals surface area contributed by atoms with Gasteiger partial charge in [-0.2, -0.15) is 0 Å². The third-order valence-electron chi connectivity index (χ3n) is 1.51. The quantitative estimate of drug-likeness (QED) is 0.626. The van der Waals surface area contributed by atoms with Crippen LogP contribution in [0.15, 0.2) is 11.8 Å². The molecule has 0 aromatic rings. The summed E-state index contributed by atoms with van der Waals surface area (Å²) in [5.41, 5.74) is 0. The molecule has 4 heteroatoms. The number of allylic oxidation sites excluding steroid dienone is 1. The molecule has 0 spiro atoms. The van der Waals surface area contributed by atoms with Crippen molar-refractivity contribution in [2.75, 3.05) is 7.05 Å². The van der Waals surface area contributed by atoms with Crippen LogP contribution in [0, 0.1) is 0 Å². The first-order valence-electron chi connectivity index (χ1n) is 3.60. The molecule has 0 bridgehead atoms. The molecule has 12 heavy (non-hydrogen) atoms. The Bertz CT molecular complexity index is 220. The maximum Gasteiger partial charge on any atom is 0.236 e. The average molecular weight is 171 g/mol. The van der Waals surface area contributed by atoms with Crippen LogP contribution < -0.4 is 0 Å². The van der Waals surface area contributed by atoms with Gasteiger partial charge in [0.1, 0.15) is 0 Å². The molecule has 1 N–H and O–H groups in total. The zero-order chi connectivity index (χ0) is 9.72. The first kappa shape index (κ1) is 10.7. The van der Waals surface area contributed by atoms with Crippen molar-refractivity contribution >= 4 is 11.8 Å². The number of carbonyl (C=O) groups is 2. The SMILES string of the molecule is C/C=C(\O)CC(=O)N(C)C(C)=O. The summed E-state index contributed by atoms with van der Waals surface area (Å²) in [6.07, 6.45) is 1.30. The second kappa shape index (κ2) is 4.54. The number of amides is 2. The second-order valence-corrected chi connectivity index (χ2v) is 2.43. The highest BCUT2D eigenvalue weighted by Crippen LogP contribution is 1.99. The lowest BCUT2D eigenvalue weighted by Crippen LogP contribution is -2.31. The van der Waals surface area contributed by atoms with Crippen LogP contribution in [-0.2, 0) is 9.59 Å². The fourth-order valence-corrected chi connectivity index (χ4v) is 0.551. The van der Waals surface area contributed by atoms with Crippen molar-refractivity contribution in [1.29, 1.82) is 0 Å². The van der Waals surface area contributed by atoms with Crippen LogP contribution in [-0.4, -0.2) is 28.9 Å². The minimum atomic E-state index is -0.405. The highest BCUT2D eigenvalue weighted by Gasteiger charge is 2.13. The Morgan fingerprint density at radius 1 is 1.50 bits per heavy atom. The van der Waals surface area contributed by atoms with Gasteiger partial charge in [-0.05, 0) is 13.0 Å². The minimum Gasteiger partial charge on any atom is -0.512 e. The Kier molecular flexibility index (Phi) is 4.04. The largest absolute Gasteiger partial charge is 0.512 e. The molecule has 0 radical (unpaired) electrons. The van der Waals surface area contributed by atoms with Crippen LogP contribution in [0.1, 0.15) is 20.3 Å². The molecule has 0 unspecified atom stereocenters. The molecule has 0 saturated heterocycles. The molecule has 68 valence electrons. The zero-order valence-electron chi connectivity index (χ0n) is 7.50. The molecular weight excluding hydrogens is 158 g/mol. The molecule has 0 aromatic carbocycles. The van der Waals surface area contributed by atoms with Gasteiger partial charge >= 0.3 is 0 Å². The van der Waals surface area contributed by atoms with Crippen molar-refractivity contribution in [3.05, 3.63) is 11.8 Å². The molecule has 0 aliphatic carbocycles. The zero-order valence-corrected chi connectivity index (χ0v) is 7.50. The summed E-state index contributed by atoms with van der Waals surface area (Å²) in [6, 6.07) is 0. The van der Waals surface area contributed by atoms with Crippen LogP contribution in [0.4, 0.5) is 0 Å². The smallest absolute Gasteiger partial charge is 0.236 e. The molecule has 0 aliphatic rings. The van der Waals surface area contributed by atoms with Crippen molar-refractivity contribution in [2.24, 2.45) is 0 Å². The van der Waals surface area contributed by atoms with Crippen molar-refractivity contribution < 1.29 is 14.7 Å². The minimum absolute atomic E-state index is 0.0203. The van der Waals surface area contributed by atoms with Gasteiger partial charge < -0.3 is 5.11 Å². The molecular formula is C8H13NO3. The lowest BCUT2D eigenvalue weighted by Gasteiger charge is -2.11. The van der Waals surface area contributed by atoms with Gasteiger partial charge in [-0.15, -0.1) is 0 Å². The predicted molar refractivity (Wildman–Crippen MR) is 44.5 cm³/mol. The summed E-state index contributed by atoms with van der Waals surface area (Å²) in [5, 5.41) is 8.96. The summed E-state index contributed by atoms with van der Waals surface area (Å²) in [5.74, 6) is -0.755. The van der Waals surface area contributed by atoms with E-state index >= 15 is 0 Å². The molecule has 0 aliphatic heterocycles. The van der Waals surface area contributed by atoms with Crippen LogP contribution in [0.5, 0.6) is 0 Å². The van der Waals surface area contributed by atoms with Gasteiger partial charge in [0, 0.05) is 14.0 Å². The number of hydrogen-bond acceptors (Lipinski definition) is 3. The van der Waals surface area contributed by atoms with Crippen LogP contribution in [0.3, 0.4) is 0 Å². The highest BCUT2D eigenvalue weighted by atomic mass is 16.3. The number of nitrogens with zero attached hydrogens (tertiary/aromatic N) is 1. The third kappa shape index (κ3) is 3.18. The maximum atomic E-state index is 11.1. The van der Waals surface area contributed by atoms with E-state index in [0.29, 0.717) is 0 Å². The number of imide groups is 1. The summed E-state index contributed by atoms with van der Waals surface area (Å²) in [4.78, 5) is 22.7. The van der Waals surface area contributed by atoms with Gasteiger partial charge in [-0.25, -0.2) is 0 Å². The van der Waals surface area contributed by atoms with Gasteiger partial charge in [0.25, 0.3) is 0 Å². The molecule has 2 amide bonds. The number of aliphatic hydroxyl groups is 1.